The van der Waals surface area contributed by atoms with Crippen LogP contribution in [0, 0.1) is 0 Å². The number of carbonyl (C=O) groups is 3. The average molecular weight is 190 g/mol. The lowest BCUT2D eigenvalue weighted by Gasteiger charge is -2.01. The van der Waals surface area contributed by atoms with Crippen LogP contribution >= 0.6 is 0 Å². The number of hydrogen-bond donors (Lipinski definition) is 1. The summed E-state index contributed by atoms with van der Waals surface area (Å²) in [4.78, 5) is 30.3. The molecule has 0 aromatic carbocycles. The van der Waals surface area contributed by atoms with Crippen molar-refractivity contribution in [2.75, 3.05) is 13.2 Å². The molecule has 74 valence electrons. The zero-order valence-electron chi connectivity index (χ0n) is 6.89. The molecule has 0 aliphatic carbocycles. The molecular weight excluding hydrogens is 180 g/mol. The highest BCUT2D eigenvalue weighted by molar-refractivity contribution is 5.76. The van der Waals surface area contributed by atoms with Gasteiger partial charge in [-0.1, -0.05) is 0 Å². The molecule has 0 spiro atoms. The molecule has 13 heavy (non-hydrogen) atoms. The van der Waals surface area contributed by atoms with Crippen molar-refractivity contribution in [1.29, 1.82) is 0 Å². The van der Waals surface area contributed by atoms with Gasteiger partial charge in [-0.15, -0.1) is 0 Å². The smallest absolute Gasteiger partial charge is 0.306 e. The molecule has 0 atom stereocenters. The minimum atomic E-state index is -1.05. The van der Waals surface area contributed by atoms with Gasteiger partial charge < -0.3 is 14.6 Å². The Morgan fingerprint density at radius 1 is 1.23 bits per heavy atom. The summed E-state index contributed by atoms with van der Waals surface area (Å²) in [5, 5.41) is 8.19. The molecule has 0 heterocycles. The van der Waals surface area contributed by atoms with Crippen molar-refractivity contribution >= 4 is 18.4 Å². The van der Waals surface area contributed by atoms with Gasteiger partial charge in [-0.25, -0.2) is 0 Å². The summed E-state index contributed by atoms with van der Waals surface area (Å²) >= 11 is 0. The summed E-state index contributed by atoms with van der Waals surface area (Å²) in [6, 6.07) is 0. The number of carboxylic acid groups (broad SMARTS) is 1. The van der Waals surface area contributed by atoms with E-state index >= 15 is 0 Å². The van der Waals surface area contributed by atoms with Gasteiger partial charge >= 0.3 is 11.9 Å². The van der Waals surface area contributed by atoms with E-state index < -0.39 is 11.9 Å². The first-order chi connectivity index (χ1) is 6.16. The van der Waals surface area contributed by atoms with Crippen LogP contribution in [0.4, 0.5) is 0 Å². The standard InChI is InChI=1S/C7H10O6/c8-5-12-3-4-13-7(11)2-1-6(9)10/h5H,1-4H2,(H,9,10). The van der Waals surface area contributed by atoms with E-state index in [0.29, 0.717) is 0 Å². The Hall–Kier alpha value is -1.59. The molecule has 0 unspecified atom stereocenters. The molecule has 6 heteroatoms. The summed E-state index contributed by atoms with van der Waals surface area (Å²) in [7, 11) is 0. The van der Waals surface area contributed by atoms with Crippen LogP contribution in [0.25, 0.3) is 0 Å². The van der Waals surface area contributed by atoms with Gasteiger partial charge in [0.2, 0.25) is 0 Å². The maximum absolute atomic E-state index is 10.7. The van der Waals surface area contributed by atoms with E-state index in [1.54, 1.807) is 0 Å². The maximum Gasteiger partial charge on any atom is 0.306 e. The van der Waals surface area contributed by atoms with E-state index in [1.165, 1.54) is 0 Å². The summed E-state index contributed by atoms with van der Waals surface area (Å²) in [5.74, 6) is -1.67. The van der Waals surface area contributed by atoms with Crippen LogP contribution in [0.5, 0.6) is 0 Å². The monoisotopic (exact) mass is 190 g/mol. The van der Waals surface area contributed by atoms with E-state index in [-0.39, 0.29) is 32.5 Å². The largest absolute Gasteiger partial charge is 0.481 e. The Morgan fingerprint density at radius 2 is 1.92 bits per heavy atom. The molecular formula is C7H10O6. The molecule has 6 nitrogen and oxygen atoms in total. The van der Waals surface area contributed by atoms with Gasteiger partial charge in [0.15, 0.2) is 0 Å². The van der Waals surface area contributed by atoms with Gasteiger partial charge in [-0.2, -0.15) is 0 Å². The fourth-order valence-electron chi connectivity index (χ4n) is 0.533. The molecule has 0 radical (unpaired) electrons. The number of ether oxygens (including phenoxy) is 2. The Labute approximate surface area is 74.4 Å². The van der Waals surface area contributed by atoms with E-state index in [4.69, 9.17) is 5.11 Å². The lowest BCUT2D eigenvalue weighted by Crippen LogP contribution is -2.11. The second kappa shape index (κ2) is 7.08. The number of rotatable bonds is 7. The Morgan fingerprint density at radius 3 is 2.46 bits per heavy atom. The lowest BCUT2D eigenvalue weighted by molar-refractivity contribution is -0.150. The normalized spacial score (nSPS) is 8.92. The molecule has 0 aromatic heterocycles. The second-order valence-electron chi connectivity index (χ2n) is 2.08. The van der Waals surface area contributed by atoms with E-state index in [1.807, 2.05) is 0 Å². The first-order valence-electron chi connectivity index (χ1n) is 3.59. The first kappa shape index (κ1) is 11.4. The molecule has 0 bridgehead atoms. The number of carbonyl (C=O) groups excluding carboxylic acids is 2. The van der Waals surface area contributed by atoms with Crippen molar-refractivity contribution in [2.24, 2.45) is 0 Å². The molecule has 0 saturated heterocycles. The van der Waals surface area contributed by atoms with Crippen molar-refractivity contribution in [3.63, 3.8) is 0 Å². The molecule has 0 rings (SSSR count). The van der Waals surface area contributed by atoms with Gasteiger partial charge in [0.25, 0.3) is 6.47 Å². The van der Waals surface area contributed by atoms with E-state index in [0.717, 1.165) is 0 Å². The summed E-state index contributed by atoms with van der Waals surface area (Å²) in [6.07, 6.45) is -0.427. The van der Waals surface area contributed by atoms with Gasteiger partial charge in [-0.05, 0) is 0 Å². The van der Waals surface area contributed by atoms with E-state index in [2.05, 4.69) is 9.47 Å². The predicted molar refractivity (Wildman–Crippen MR) is 39.8 cm³/mol. The maximum atomic E-state index is 10.7. The van der Waals surface area contributed by atoms with Gasteiger partial charge in [0, 0.05) is 0 Å². The number of carboxylic acids is 1. The third-order valence-electron chi connectivity index (χ3n) is 1.08. The minimum Gasteiger partial charge on any atom is -0.481 e. The molecule has 0 amide bonds. The Kier molecular flexibility index (Phi) is 6.21. The molecule has 1 N–H and O–H groups in total. The second-order valence-corrected chi connectivity index (χ2v) is 2.08. The molecule has 0 aromatic rings. The van der Waals surface area contributed by atoms with Crippen molar-refractivity contribution in [1.82, 2.24) is 0 Å². The summed E-state index contributed by atoms with van der Waals surface area (Å²) in [5.41, 5.74) is 0. The fourth-order valence-corrected chi connectivity index (χ4v) is 0.533. The number of esters is 1. The van der Waals surface area contributed by atoms with Gasteiger partial charge in [-0.3, -0.25) is 14.4 Å². The lowest BCUT2D eigenvalue weighted by atomic mass is 10.3. The highest BCUT2D eigenvalue weighted by Crippen LogP contribution is 1.92. The minimum absolute atomic E-state index is 0.0116. The van der Waals surface area contributed by atoms with Crippen LogP contribution in [-0.4, -0.2) is 36.7 Å². The van der Waals surface area contributed by atoms with Crippen LogP contribution in [0.3, 0.4) is 0 Å². The highest BCUT2D eigenvalue weighted by Gasteiger charge is 2.05. The third-order valence-corrected chi connectivity index (χ3v) is 1.08. The number of hydrogen-bond acceptors (Lipinski definition) is 5. The zero-order valence-corrected chi connectivity index (χ0v) is 6.89. The SMILES string of the molecule is O=COCCOC(=O)CCC(=O)O. The van der Waals surface area contributed by atoms with Gasteiger partial charge in [0.05, 0.1) is 12.8 Å². The first-order valence-corrected chi connectivity index (χ1v) is 3.59. The van der Waals surface area contributed by atoms with Crippen LogP contribution in [0.1, 0.15) is 12.8 Å². The fraction of sp³-hybridized carbons (Fsp3) is 0.571. The van der Waals surface area contributed by atoms with Crippen molar-refractivity contribution in [3.05, 3.63) is 0 Å². The average Bonchev–Trinajstić information content (AvgIpc) is 2.09. The Bertz CT molecular complexity index is 187. The van der Waals surface area contributed by atoms with Crippen LogP contribution in [-0.2, 0) is 23.9 Å². The molecule has 0 aliphatic heterocycles. The Balaban J connectivity index is 3.30. The highest BCUT2D eigenvalue weighted by atomic mass is 16.6. The number of aliphatic carboxylic acids is 1. The molecule has 0 aliphatic rings. The van der Waals surface area contributed by atoms with Gasteiger partial charge in [0.1, 0.15) is 13.2 Å². The molecule has 0 saturated carbocycles. The van der Waals surface area contributed by atoms with Crippen LogP contribution in [0.2, 0.25) is 0 Å². The van der Waals surface area contributed by atoms with Crippen molar-refractivity contribution in [2.45, 2.75) is 12.8 Å². The zero-order chi connectivity index (χ0) is 10.1. The topological polar surface area (TPSA) is 89.9 Å². The third kappa shape index (κ3) is 8.32. The molecule has 0 fully saturated rings. The predicted octanol–water partition coefficient (Wildman–Crippen LogP) is -0.433. The quantitative estimate of drug-likeness (QED) is 0.332. The van der Waals surface area contributed by atoms with Crippen LogP contribution in [0.15, 0.2) is 0 Å². The van der Waals surface area contributed by atoms with Crippen LogP contribution < -0.4 is 0 Å². The van der Waals surface area contributed by atoms with Crippen molar-refractivity contribution < 1.29 is 29.0 Å². The van der Waals surface area contributed by atoms with E-state index in [9.17, 15) is 14.4 Å². The summed E-state index contributed by atoms with van der Waals surface area (Å²) in [6.45, 7) is 0.185. The summed E-state index contributed by atoms with van der Waals surface area (Å²) < 4.78 is 8.74. The van der Waals surface area contributed by atoms with Crippen molar-refractivity contribution in [3.8, 4) is 0 Å².